The minimum absolute atomic E-state index is 0.0633. The molecule has 0 aliphatic carbocycles. The molecule has 0 fully saturated rings. The van der Waals surface area contributed by atoms with Crippen LogP contribution >= 0.6 is 31.9 Å². The van der Waals surface area contributed by atoms with Gasteiger partial charge in [-0.1, -0.05) is 21.1 Å². The summed E-state index contributed by atoms with van der Waals surface area (Å²) in [5, 5.41) is 11.6. The van der Waals surface area contributed by atoms with Gasteiger partial charge in [-0.2, -0.15) is 0 Å². The van der Waals surface area contributed by atoms with Gasteiger partial charge in [0.2, 0.25) is 0 Å². The first-order valence-electron chi connectivity index (χ1n) is 4.37. The molecule has 0 aromatic heterocycles. The summed E-state index contributed by atoms with van der Waals surface area (Å²) >= 11 is 6.75. The highest BCUT2D eigenvalue weighted by atomic mass is 79.9. The Kier molecular flexibility index (Phi) is 4.60. The third-order valence-corrected chi connectivity index (χ3v) is 2.63. The van der Waals surface area contributed by atoms with Gasteiger partial charge in [0.05, 0.1) is 16.8 Å². The number of nitrogens with zero attached hydrogens (tertiary/aromatic N) is 1. The molecule has 0 aliphatic rings. The van der Waals surface area contributed by atoms with Gasteiger partial charge >= 0.3 is 0 Å². The van der Waals surface area contributed by atoms with Gasteiger partial charge in [0.15, 0.2) is 0 Å². The first-order chi connectivity index (χ1) is 7.04. The summed E-state index contributed by atoms with van der Waals surface area (Å²) in [6, 6.07) is 3.70. The van der Waals surface area contributed by atoms with E-state index in [1.165, 1.54) is 6.21 Å². The van der Waals surface area contributed by atoms with E-state index in [1.54, 1.807) is 0 Å². The van der Waals surface area contributed by atoms with E-state index in [2.05, 4.69) is 37.0 Å². The SMILES string of the molecule is CC(C)Oc1c(Br)cc(Br)cc1/C=N/O. The topological polar surface area (TPSA) is 41.8 Å². The first kappa shape index (κ1) is 12.5. The Morgan fingerprint density at radius 1 is 1.40 bits per heavy atom. The molecule has 0 bridgehead atoms. The molecule has 1 N–H and O–H groups in total. The summed E-state index contributed by atoms with van der Waals surface area (Å²) in [7, 11) is 0. The van der Waals surface area contributed by atoms with E-state index in [4.69, 9.17) is 9.94 Å². The van der Waals surface area contributed by atoms with Gasteiger partial charge < -0.3 is 9.94 Å². The van der Waals surface area contributed by atoms with E-state index in [0.717, 1.165) is 8.95 Å². The molecule has 1 aromatic carbocycles. The fourth-order valence-corrected chi connectivity index (χ4v) is 2.45. The van der Waals surface area contributed by atoms with Crippen molar-refractivity contribution in [3.63, 3.8) is 0 Å². The number of oxime groups is 1. The van der Waals surface area contributed by atoms with Crippen LogP contribution in [-0.4, -0.2) is 17.5 Å². The molecular weight excluding hydrogens is 326 g/mol. The first-order valence-corrected chi connectivity index (χ1v) is 5.96. The normalized spacial score (nSPS) is 11.3. The number of halogens is 2. The molecule has 0 heterocycles. The molecule has 0 amide bonds. The van der Waals surface area contributed by atoms with Gasteiger partial charge in [-0.3, -0.25) is 0 Å². The lowest BCUT2D eigenvalue weighted by atomic mass is 10.2. The predicted octanol–water partition coefficient (Wildman–Crippen LogP) is 3.81. The third-order valence-electron chi connectivity index (χ3n) is 1.59. The van der Waals surface area contributed by atoms with Crippen LogP contribution in [0.15, 0.2) is 26.2 Å². The second kappa shape index (κ2) is 5.51. The van der Waals surface area contributed by atoms with E-state index >= 15 is 0 Å². The predicted molar refractivity (Wildman–Crippen MR) is 67.0 cm³/mol. The molecule has 3 nitrogen and oxygen atoms in total. The van der Waals surface area contributed by atoms with Crippen LogP contribution in [0.5, 0.6) is 5.75 Å². The van der Waals surface area contributed by atoms with Crippen LogP contribution < -0.4 is 4.74 Å². The highest BCUT2D eigenvalue weighted by molar-refractivity contribution is 9.11. The maximum Gasteiger partial charge on any atom is 0.142 e. The summed E-state index contributed by atoms with van der Waals surface area (Å²) in [5.41, 5.74) is 0.715. The monoisotopic (exact) mass is 335 g/mol. The number of hydrogen-bond donors (Lipinski definition) is 1. The van der Waals surface area contributed by atoms with Crippen LogP contribution in [0.1, 0.15) is 19.4 Å². The Balaban J connectivity index is 3.20. The van der Waals surface area contributed by atoms with Crippen molar-refractivity contribution in [2.24, 2.45) is 5.16 Å². The second-order valence-corrected chi connectivity index (χ2v) is 4.99. The van der Waals surface area contributed by atoms with Crippen LogP contribution in [0.3, 0.4) is 0 Å². The minimum Gasteiger partial charge on any atom is -0.489 e. The lowest BCUT2D eigenvalue weighted by molar-refractivity contribution is 0.240. The van der Waals surface area contributed by atoms with Gasteiger partial charge in [0.1, 0.15) is 5.75 Å². The van der Waals surface area contributed by atoms with Gasteiger partial charge in [0.25, 0.3) is 0 Å². The van der Waals surface area contributed by atoms with E-state index < -0.39 is 0 Å². The highest BCUT2D eigenvalue weighted by Crippen LogP contribution is 2.32. The average Bonchev–Trinajstić information content (AvgIpc) is 2.11. The Labute approximate surface area is 105 Å². The van der Waals surface area contributed by atoms with Crippen molar-refractivity contribution in [1.82, 2.24) is 0 Å². The molecule has 82 valence electrons. The Morgan fingerprint density at radius 2 is 2.07 bits per heavy atom. The van der Waals surface area contributed by atoms with Gasteiger partial charge in [-0.05, 0) is 41.9 Å². The fourth-order valence-electron chi connectivity index (χ4n) is 1.10. The van der Waals surface area contributed by atoms with Crippen molar-refractivity contribution in [3.05, 3.63) is 26.6 Å². The Hall–Kier alpha value is -0.550. The number of benzene rings is 1. The summed E-state index contributed by atoms with van der Waals surface area (Å²) in [6.45, 7) is 3.88. The van der Waals surface area contributed by atoms with Crippen molar-refractivity contribution in [3.8, 4) is 5.75 Å². The molecule has 0 radical (unpaired) electrons. The summed E-state index contributed by atoms with van der Waals surface area (Å²) in [4.78, 5) is 0. The van der Waals surface area contributed by atoms with E-state index in [0.29, 0.717) is 11.3 Å². The largest absolute Gasteiger partial charge is 0.489 e. The fraction of sp³-hybridized carbons (Fsp3) is 0.300. The zero-order valence-electron chi connectivity index (χ0n) is 8.37. The van der Waals surface area contributed by atoms with Gasteiger partial charge in [-0.15, -0.1) is 0 Å². The highest BCUT2D eigenvalue weighted by Gasteiger charge is 2.10. The average molecular weight is 337 g/mol. The standard InChI is InChI=1S/C10H11Br2NO2/c1-6(2)15-10-7(5-13-14)3-8(11)4-9(10)12/h3-6,14H,1-2H3/b13-5+. The molecular formula is C10H11Br2NO2. The third kappa shape index (κ3) is 3.50. The van der Waals surface area contributed by atoms with Crippen LogP contribution in [0.2, 0.25) is 0 Å². The van der Waals surface area contributed by atoms with Crippen molar-refractivity contribution >= 4 is 38.1 Å². The van der Waals surface area contributed by atoms with Gasteiger partial charge in [0, 0.05) is 10.0 Å². The molecule has 0 saturated carbocycles. The molecule has 0 unspecified atom stereocenters. The molecule has 1 aromatic rings. The van der Waals surface area contributed by atoms with Crippen molar-refractivity contribution in [2.75, 3.05) is 0 Å². The quantitative estimate of drug-likeness (QED) is 0.518. The van der Waals surface area contributed by atoms with Crippen molar-refractivity contribution in [1.29, 1.82) is 0 Å². The number of rotatable bonds is 3. The molecule has 1 rings (SSSR count). The smallest absolute Gasteiger partial charge is 0.142 e. The lowest BCUT2D eigenvalue weighted by Gasteiger charge is -2.14. The zero-order valence-corrected chi connectivity index (χ0v) is 11.5. The van der Waals surface area contributed by atoms with Crippen molar-refractivity contribution < 1.29 is 9.94 Å². The number of hydrogen-bond acceptors (Lipinski definition) is 3. The van der Waals surface area contributed by atoms with E-state index in [9.17, 15) is 0 Å². The van der Waals surface area contributed by atoms with Crippen LogP contribution in [0.4, 0.5) is 0 Å². The van der Waals surface area contributed by atoms with Crippen LogP contribution in [0, 0.1) is 0 Å². The maximum absolute atomic E-state index is 8.54. The van der Waals surface area contributed by atoms with E-state index in [1.807, 2.05) is 26.0 Å². The summed E-state index contributed by atoms with van der Waals surface area (Å²) in [6.07, 6.45) is 1.40. The molecule has 0 saturated heterocycles. The Bertz CT molecular complexity index is 378. The maximum atomic E-state index is 8.54. The van der Waals surface area contributed by atoms with Gasteiger partial charge in [-0.25, -0.2) is 0 Å². The molecule has 0 aliphatic heterocycles. The zero-order chi connectivity index (χ0) is 11.4. The molecule has 15 heavy (non-hydrogen) atoms. The summed E-state index contributed by atoms with van der Waals surface area (Å²) in [5.74, 6) is 0.672. The molecule has 0 atom stereocenters. The second-order valence-electron chi connectivity index (χ2n) is 3.22. The molecule has 0 spiro atoms. The molecule has 5 heteroatoms. The van der Waals surface area contributed by atoms with Crippen molar-refractivity contribution in [2.45, 2.75) is 20.0 Å². The minimum atomic E-state index is 0.0633. The van der Waals surface area contributed by atoms with Crippen LogP contribution in [0.25, 0.3) is 0 Å². The van der Waals surface area contributed by atoms with Crippen LogP contribution in [-0.2, 0) is 0 Å². The number of ether oxygens (including phenoxy) is 1. The lowest BCUT2D eigenvalue weighted by Crippen LogP contribution is -2.08. The summed E-state index contributed by atoms with van der Waals surface area (Å²) < 4.78 is 7.32. The van der Waals surface area contributed by atoms with E-state index in [-0.39, 0.29) is 6.10 Å². The Morgan fingerprint density at radius 3 is 2.60 bits per heavy atom.